The van der Waals surface area contributed by atoms with E-state index in [4.69, 9.17) is 9.47 Å². The predicted molar refractivity (Wildman–Crippen MR) is 223 cm³/mol. The first-order valence-corrected chi connectivity index (χ1v) is 22.7. The minimum atomic E-state index is -0.434. The molecule has 0 radical (unpaired) electrons. The van der Waals surface area contributed by atoms with E-state index in [0.29, 0.717) is 32.1 Å². The zero-order chi connectivity index (χ0) is 38.8. The predicted octanol–water partition coefficient (Wildman–Crippen LogP) is 13.0. The van der Waals surface area contributed by atoms with Gasteiger partial charge in [-0.2, -0.15) is 0 Å². The largest absolute Gasteiger partial charge is 0.466 e. The van der Waals surface area contributed by atoms with Crippen LogP contribution in [0, 0.1) is 16.7 Å². The van der Waals surface area contributed by atoms with Gasteiger partial charge in [0.2, 0.25) is 0 Å². The lowest BCUT2D eigenvalue weighted by Gasteiger charge is -2.29. The second kappa shape index (κ2) is 34.4. The number of hydrogen-bond donors (Lipinski definition) is 1. The Hall–Kier alpha value is -1.14. The van der Waals surface area contributed by atoms with Gasteiger partial charge in [-0.25, -0.2) is 0 Å². The van der Waals surface area contributed by atoms with E-state index in [0.717, 1.165) is 83.7 Å². The highest BCUT2D eigenvalue weighted by atomic mass is 16.5. The molecule has 0 aliphatic rings. The summed E-state index contributed by atoms with van der Waals surface area (Å²) in [5, 5.41) is 9.68. The molecule has 0 fully saturated rings. The quantitative estimate of drug-likeness (QED) is 0.0500. The van der Waals surface area contributed by atoms with Crippen molar-refractivity contribution in [2.45, 2.75) is 228 Å². The first-order chi connectivity index (χ1) is 25.0. The summed E-state index contributed by atoms with van der Waals surface area (Å²) >= 11 is 0. The van der Waals surface area contributed by atoms with Gasteiger partial charge in [-0.15, -0.1) is 0 Å². The molecule has 0 saturated carbocycles. The zero-order valence-corrected chi connectivity index (χ0v) is 36.1. The van der Waals surface area contributed by atoms with E-state index in [-0.39, 0.29) is 24.0 Å². The lowest BCUT2D eigenvalue weighted by Crippen LogP contribution is -2.32. The number of nitrogens with zero attached hydrogens (tertiary/aromatic N) is 1. The van der Waals surface area contributed by atoms with Crippen LogP contribution in [-0.4, -0.2) is 61.4 Å². The molecule has 310 valence electrons. The maximum Gasteiger partial charge on any atom is 0.311 e. The van der Waals surface area contributed by atoms with Gasteiger partial charge in [0.15, 0.2) is 0 Å². The first kappa shape index (κ1) is 50.9. The smallest absolute Gasteiger partial charge is 0.311 e. The Morgan fingerprint density at radius 2 is 1.08 bits per heavy atom. The number of carbonyl (C=O) groups excluding carboxylic acids is 2. The topological polar surface area (TPSA) is 76.1 Å². The SMILES string of the molecule is CCCCCCCCCCOC(=O)CCCC(C)(C)CCN(CCO)CCCCCCC(C)(C)C(=O)OCCC(CCCCCC)CCCCCC. The molecule has 52 heavy (non-hydrogen) atoms. The Balaban J connectivity index is 4.24. The summed E-state index contributed by atoms with van der Waals surface area (Å²) in [6, 6.07) is 0. The van der Waals surface area contributed by atoms with Crippen molar-refractivity contribution < 1.29 is 24.2 Å². The van der Waals surface area contributed by atoms with Gasteiger partial charge in [-0.1, -0.05) is 163 Å². The van der Waals surface area contributed by atoms with E-state index < -0.39 is 5.41 Å². The number of carbonyl (C=O) groups is 2. The van der Waals surface area contributed by atoms with Gasteiger partial charge in [0.25, 0.3) is 0 Å². The Morgan fingerprint density at radius 3 is 1.67 bits per heavy atom. The molecule has 6 heteroatoms. The third kappa shape index (κ3) is 31.2. The van der Waals surface area contributed by atoms with Gasteiger partial charge in [0, 0.05) is 13.0 Å². The average molecular weight is 738 g/mol. The molecule has 0 aromatic heterocycles. The van der Waals surface area contributed by atoms with Crippen molar-refractivity contribution in [2.24, 2.45) is 16.7 Å². The van der Waals surface area contributed by atoms with Crippen molar-refractivity contribution >= 4 is 11.9 Å². The molecule has 0 aromatic carbocycles. The van der Waals surface area contributed by atoms with Crippen LogP contribution in [-0.2, 0) is 19.1 Å². The van der Waals surface area contributed by atoms with Crippen molar-refractivity contribution in [3.63, 3.8) is 0 Å². The van der Waals surface area contributed by atoms with E-state index in [2.05, 4.69) is 39.5 Å². The first-order valence-electron chi connectivity index (χ1n) is 22.7. The van der Waals surface area contributed by atoms with E-state index in [1.165, 1.54) is 103 Å². The van der Waals surface area contributed by atoms with Crippen molar-refractivity contribution in [2.75, 3.05) is 39.5 Å². The maximum absolute atomic E-state index is 13.0. The van der Waals surface area contributed by atoms with Crippen LogP contribution in [0.3, 0.4) is 0 Å². The molecule has 0 heterocycles. The monoisotopic (exact) mass is 738 g/mol. The fraction of sp³-hybridized carbons (Fsp3) is 0.957. The van der Waals surface area contributed by atoms with Crippen LogP contribution in [0.25, 0.3) is 0 Å². The highest BCUT2D eigenvalue weighted by molar-refractivity contribution is 5.75. The Morgan fingerprint density at radius 1 is 0.538 bits per heavy atom. The Labute approximate surface area is 324 Å². The highest BCUT2D eigenvalue weighted by Gasteiger charge is 2.29. The van der Waals surface area contributed by atoms with Gasteiger partial charge in [-0.3, -0.25) is 9.59 Å². The molecule has 0 aliphatic carbocycles. The van der Waals surface area contributed by atoms with Gasteiger partial charge in [-0.05, 0) is 83.2 Å². The van der Waals surface area contributed by atoms with Crippen LogP contribution < -0.4 is 0 Å². The molecule has 0 saturated heterocycles. The van der Waals surface area contributed by atoms with Crippen LogP contribution in [0.15, 0.2) is 0 Å². The van der Waals surface area contributed by atoms with Crippen LogP contribution in [0.5, 0.6) is 0 Å². The molecule has 0 bridgehead atoms. The number of unbranched alkanes of at least 4 members (excludes halogenated alkanes) is 16. The summed E-state index contributed by atoms with van der Waals surface area (Å²) < 4.78 is 11.4. The van der Waals surface area contributed by atoms with Gasteiger partial charge < -0.3 is 19.5 Å². The standard InChI is InChI=1S/C46H91NO5/c1-8-11-14-17-18-19-22-27-40-51-43(49)31-28-33-45(4,5)35-37-47(38-39-48)36-26-21-20-25-34-46(6,7)44(50)52-41-32-42(29-23-15-12-9-2)30-24-16-13-10-3/h42,48H,8-41H2,1-7H3. The number of hydrogen-bond acceptors (Lipinski definition) is 6. The molecule has 0 aromatic rings. The highest BCUT2D eigenvalue weighted by Crippen LogP contribution is 2.29. The van der Waals surface area contributed by atoms with E-state index >= 15 is 0 Å². The second-order valence-corrected chi connectivity index (χ2v) is 17.6. The summed E-state index contributed by atoms with van der Waals surface area (Å²) in [4.78, 5) is 27.6. The number of aliphatic hydroxyl groups excluding tert-OH is 1. The van der Waals surface area contributed by atoms with Crippen LogP contribution in [0.4, 0.5) is 0 Å². The lowest BCUT2D eigenvalue weighted by atomic mass is 9.83. The molecular weight excluding hydrogens is 647 g/mol. The number of rotatable bonds is 39. The van der Waals surface area contributed by atoms with Crippen molar-refractivity contribution in [1.29, 1.82) is 0 Å². The maximum atomic E-state index is 13.0. The third-order valence-electron chi connectivity index (χ3n) is 11.3. The van der Waals surface area contributed by atoms with Gasteiger partial charge in [0.1, 0.15) is 0 Å². The van der Waals surface area contributed by atoms with E-state index in [1.807, 2.05) is 13.8 Å². The Bertz CT molecular complexity index is 801. The molecular formula is C46H91NO5. The summed E-state index contributed by atoms with van der Waals surface area (Å²) in [5.41, 5.74) is -0.285. The minimum Gasteiger partial charge on any atom is -0.466 e. The van der Waals surface area contributed by atoms with Crippen molar-refractivity contribution in [3.8, 4) is 0 Å². The van der Waals surface area contributed by atoms with Gasteiger partial charge >= 0.3 is 11.9 Å². The molecule has 0 amide bonds. The molecule has 1 N–H and O–H groups in total. The van der Waals surface area contributed by atoms with Crippen LogP contribution in [0.2, 0.25) is 0 Å². The normalized spacial score (nSPS) is 12.3. The molecule has 0 rings (SSSR count). The van der Waals surface area contributed by atoms with E-state index in [9.17, 15) is 14.7 Å². The Kier molecular flexibility index (Phi) is 33.6. The minimum absolute atomic E-state index is 0.0318. The average Bonchev–Trinajstić information content (AvgIpc) is 3.11. The molecule has 0 atom stereocenters. The second-order valence-electron chi connectivity index (χ2n) is 17.6. The fourth-order valence-electron chi connectivity index (χ4n) is 7.29. The van der Waals surface area contributed by atoms with Crippen LogP contribution in [0.1, 0.15) is 228 Å². The molecule has 0 unspecified atom stereocenters. The van der Waals surface area contributed by atoms with Crippen LogP contribution >= 0.6 is 0 Å². The summed E-state index contributed by atoms with van der Waals surface area (Å²) in [7, 11) is 0. The number of ether oxygens (including phenoxy) is 2. The fourth-order valence-corrected chi connectivity index (χ4v) is 7.29. The van der Waals surface area contributed by atoms with Crippen molar-refractivity contribution in [1.82, 2.24) is 4.90 Å². The summed E-state index contributed by atoms with van der Waals surface area (Å²) in [6.45, 7) is 19.5. The zero-order valence-electron chi connectivity index (χ0n) is 36.1. The third-order valence-corrected chi connectivity index (χ3v) is 11.3. The molecule has 0 aliphatic heterocycles. The van der Waals surface area contributed by atoms with Crippen molar-refractivity contribution in [3.05, 3.63) is 0 Å². The number of aliphatic hydroxyl groups is 1. The number of esters is 2. The lowest BCUT2D eigenvalue weighted by molar-refractivity contribution is -0.154. The summed E-state index contributed by atoms with van der Waals surface area (Å²) in [6.07, 6.45) is 32.7. The molecule has 0 spiro atoms. The summed E-state index contributed by atoms with van der Waals surface area (Å²) in [5.74, 6) is 0.604. The van der Waals surface area contributed by atoms with Gasteiger partial charge in [0.05, 0.1) is 25.2 Å². The van der Waals surface area contributed by atoms with E-state index in [1.54, 1.807) is 0 Å². The molecule has 6 nitrogen and oxygen atoms in total.